The van der Waals surface area contributed by atoms with E-state index in [9.17, 15) is 4.39 Å². The highest BCUT2D eigenvalue weighted by atomic mass is 32.1. The van der Waals surface area contributed by atoms with Crippen LogP contribution in [0.5, 0.6) is 0 Å². The molecule has 1 saturated heterocycles. The predicted octanol–water partition coefficient (Wildman–Crippen LogP) is 3.65. The lowest BCUT2D eigenvalue weighted by molar-refractivity contribution is 0.465. The van der Waals surface area contributed by atoms with Crippen LogP contribution in [0.3, 0.4) is 0 Å². The molecule has 1 aliphatic rings. The van der Waals surface area contributed by atoms with Gasteiger partial charge in [0, 0.05) is 34.9 Å². The number of fused-ring (bicyclic) bond motifs is 2. The molecule has 25 heavy (non-hydrogen) atoms. The number of imidazole rings is 1. The lowest BCUT2D eigenvalue weighted by Gasteiger charge is -2.21. The van der Waals surface area contributed by atoms with Crippen molar-refractivity contribution in [3.8, 4) is 5.69 Å². The molecule has 5 heterocycles. The van der Waals surface area contributed by atoms with Crippen LogP contribution in [0.25, 0.3) is 21.6 Å². The van der Waals surface area contributed by atoms with Gasteiger partial charge in [0.2, 0.25) is 0 Å². The summed E-state index contributed by atoms with van der Waals surface area (Å²) < 4.78 is 17.8. The fourth-order valence-electron chi connectivity index (χ4n) is 3.57. The number of hydrogen-bond acceptors (Lipinski definition) is 4. The summed E-state index contributed by atoms with van der Waals surface area (Å²) in [6.07, 6.45) is 8.04. The van der Waals surface area contributed by atoms with Crippen LogP contribution in [0.4, 0.5) is 4.39 Å². The van der Waals surface area contributed by atoms with Gasteiger partial charge >= 0.3 is 0 Å². The van der Waals surface area contributed by atoms with E-state index in [1.165, 1.54) is 23.8 Å². The number of aryl methyl sites for hydroxylation is 1. The first-order chi connectivity index (χ1) is 12.2. The van der Waals surface area contributed by atoms with Crippen LogP contribution < -0.4 is 5.32 Å². The van der Waals surface area contributed by atoms with E-state index in [-0.39, 0.29) is 5.82 Å². The average molecular weight is 355 g/mol. The summed E-state index contributed by atoms with van der Waals surface area (Å²) in [5.74, 6) is 0.302. The molecule has 0 aromatic carbocycles. The summed E-state index contributed by atoms with van der Waals surface area (Å²) in [7, 11) is 0. The highest BCUT2D eigenvalue weighted by Gasteiger charge is 2.19. The van der Waals surface area contributed by atoms with Gasteiger partial charge in [0.15, 0.2) is 11.5 Å². The summed E-state index contributed by atoms with van der Waals surface area (Å²) in [6.45, 7) is 4.03. The van der Waals surface area contributed by atoms with E-state index in [0.29, 0.717) is 17.3 Å². The first-order valence-corrected chi connectivity index (χ1v) is 9.34. The Hall–Kier alpha value is -2.25. The molecule has 5 nitrogen and oxygen atoms in total. The number of nitrogens with zero attached hydrogens (tertiary/aromatic N) is 4. The molecule has 0 unspecified atom stereocenters. The van der Waals surface area contributed by atoms with Crippen molar-refractivity contribution in [2.24, 2.45) is 0 Å². The molecule has 7 heteroatoms. The van der Waals surface area contributed by atoms with Gasteiger partial charge in [-0.3, -0.25) is 0 Å². The number of piperidine rings is 1. The highest BCUT2D eigenvalue weighted by molar-refractivity contribution is 7.18. The molecule has 0 atom stereocenters. The van der Waals surface area contributed by atoms with Crippen LogP contribution >= 0.6 is 11.3 Å². The molecule has 0 amide bonds. The number of thiophene rings is 1. The predicted molar refractivity (Wildman–Crippen MR) is 97.2 cm³/mol. The van der Waals surface area contributed by atoms with Crippen LogP contribution in [0.1, 0.15) is 29.3 Å². The second-order valence-corrected chi connectivity index (χ2v) is 7.73. The maximum Gasteiger partial charge on any atom is 0.173 e. The molecule has 4 aromatic rings. The van der Waals surface area contributed by atoms with Gasteiger partial charge in [-0.05, 0) is 44.8 Å². The van der Waals surface area contributed by atoms with Crippen LogP contribution in [-0.4, -0.2) is 32.3 Å². The molecule has 1 aliphatic heterocycles. The van der Waals surface area contributed by atoms with Crippen molar-refractivity contribution in [1.29, 1.82) is 0 Å². The first kappa shape index (κ1) is 15.0. The van der Waals surface area contributed by atoms with Gasteiger partial charge in [0.05, 0.1) is 11.4 Å². The number of aromatic nitrogens is 4. The number of nitrogens with one attached hydrogen (secondary N) is 1. The number of hydrogen-bond donors (Lipinski definition) is 1. The Morgan fingerprint density at radius 2 is 2.04 bits per heavy atom. The monoisotopic (exact) mass is 355 g/mol. The van der Waals surface area contributed by atoms with E-state index in [0.717, 1.165) is 29.0 Å². The maximum atomic E-state index is 14.3. The van der Waals surface area contributed by atoms with Crippen molar-refractivity contribution < 1.29 is 4.39 Å². The van der Waals surface area contributed by atoms with Crippen molar-refractivity contribution in [3.63, 3.8) is 0 Å². The zero-order valence-corrected chi connectivity index (χ0v) is 14.7. The van der Waals surface area contributed by atoms with Gasteiger partial charge in [0.25, 0.3) is 0 Å². The van der Waals surface area contributed by atoms with Crippen LogP contribution in [0.2, 0.25) is 0 Å². The minimum Gasteiger partial charge on any atom is -0.317 e. The molecule has 5 rings (SSSR count). The van der Waals surface area contributed by atoms with Crippen LogP contribution in [-0.2, 0) is 0 Å². The van der Waals surface area contributed by atoms with E-state index in [4.69, 9.17) is 0 Å². The third-order valence-corrected chi connectivity index (χ3v) is 6.04. The van der Waals surface area contributed by atoms with Crippen molar-refractivity contribution >= 4 is 27.2 Å². The van der Waals surface area contributed by atoms with Gasteiger partial charge in [-0.15, -0.1) is 11.3 Å². The molecule has 1 N–H and O–H groups in total. The van der Waals surface area contributed by atoms with Gasteiger partial charge in [-0.2, -0.15) is 5.10 Å². The molecule has 0 aliphatic carbocycles. The Balaban J connectivity index is 1.53. The summed E-state index contributed by atoms with van der Waals surface area (Å²) in [5.41, 5.74) is 1.85. The molecular formula is C18H18FN5S. The zero-order chi connectivity index (χ0) is 17.0. The van der Waals surface area contributed by atoms with Crippen molar-refractivity contribution in [2.45, 2.75) is 25.7 Å². The Bertz CT molecular complexity index is 1040. The molecule has 0 saturated carbocycles. The van der Waals surface area contributed by atoms with Crippen molar-refractivity contribution in [1.82, 2.24) is 24.5 Å². The minimum absolute atomic E-state index is 0.333. The van der Waals surface area contributed by atoms with Gasteiger partial charge in [-0.1, -0.05) is 0 Å². The summed E-state index contributed by atoms with van der Waals surface area (Å²) in [5, 5.41) is 9.20. The Kier molecular flexibility index (Phi) is 3.39. The largest absolute Gasteiger partial charge is 0.317 e. The normalized spacial score (nSPS) is 16.2. The third kappa shape index (κ3) is 2.54. The lowest BCUT2D eigenvalue weighted by atomic mass is 9.96. The fourth-order valence-corrected chi connectivity index (χ4v) is 4.74. The summed E-state index contributed by atoms with van der Waals surface area (Å²) in [4.78, 5) is 6.62. The topological polar surface area (TPSA) is 47.1 Å². The quantitative estimate of drug-likeness (QED) is 0.597. The fraction of sp³-hybridized carbons (Fsp3) is 0.333. The molecule has 1 fully saturated rings. The minimum atomic E-state index is -0.333. The van der Waals surface area contributed by atoms with Gasteiger partial charge < -0.3 is 9.72 Å². The maximum absolute atomic E-state index is 14.3. The van der Waals surface area contributed by atoms with E-state index in [2.05, 4.69) is 21.5 Å². The molecular weight excluding hydrogens is 337 g/mol. The number of pyridine rings is 1. The zero-order valence-electron chi connectivity index (χ0n) is 13.9. The summed E-state index contributed by atoms with van der Waals surface area (Å²) >= 11 is 1.76. The molecule has 0 spiro atoms. The SMILES string of the molecule is Cc1cn2cc(-n3cc4cc(C5CCNCC5)sc4n3)cc(F)c2n1. The van der Waals surface area contributed by atoms with Gasteiger partial charge in [0.1, 0.15) is 4.83 Å². The van der Waals surface area contributed by atoms with E-state index < -0.39 is 0 Å². The van der Waals surface area contributed by atoms with Crippen LogP contribution in [0, 0.1) is 12.7 Å². The van der Waals surface area contributed by atoms with Crippen molar-refractivity contribution in [3.05, 3.63) is 47.1 Å². The van der Waals surface area contributed by atoms with Crippen LogP contribution in [0.15, 0.2) is 30.7 Å². The van der Waals surface area contributed by atoms with E-state index >= 15 is 0 Å². The van der Waals surface area contributed by atoms with Crippen molar-refractivity contribution in [2.75, 3.05) is 13.1 Å². The number of halogens is 1. The molecule has 0 radical (unpaired) electrons. The molecule has 128 valence electrons. The Labute approximate surface area is 148 Å². The standard InChI is InChI=1S/C18H18FN5S/c1-11-8-23-10-14(7-15(19)17(23)21-11)24-9-13-6-16(25-18(13)22-24)12-2-4-20-5-3-12/h6-10,12,20H,2-5H2,1H3. The Morgan fingerprint density at radius 1 is 1.20 bits per heavy atom. The average Bonchev–Trinajstić information content (AvgIpc) is 3.27. The van der Waals surface area contributed by atoms with E-state index in [1.807, 2.05) is 25.5 Å². The van der Waals surface area contributed by atoms with Gasteiger partial charge in [-0.25, -0.2) is 14.1 Å². The smallest absolute Gasteiger partial charge is 0.173 e. The summed E-state index contributed by atoms with van der Waals surface area (Å²) in [6, 6.07) is 3.74. The molecule has 0 bridgehead atoms. The van der Waals surface area contributed by atoms with E-state index in [1.54, 1.807) is 20.4 Å². The molecule has 4 aromatic heterocycles. The Morgan fingerprint density at radius 3 is 2.84 bits per heavy atom. The second kappa shape index (κ2) is 5.64. The second-order valence-electron chi connectivity index (χ2n) is 6.67. The highest BCUT2D eigenvalue weighted by Crippen LogP contribution is 2.35. The number of rotatable bonds is 2. The third-order valence-electron chi connectivity index (χ3n) is 4.84. The lowest BCUT2D eigenvalue weighted by Crippen LogP contribution is -2.26. The first-order valence-electron chi connectivity index (χ1n) is 8.52.